The average molecular weight is 222 g/mol. The number of hydrogen-bond donors (Lipinski definition) is 1. The number of aryl methyl sites for hydroxylation is 1. The Morgan fingerprint density at radius 2 is 2.20 bits per heavy atom. The van der Waals surface area contributed by atoms with E-state index in [4.69, 9.17) is 0 Å². The number of nitrogens with zero attached hydrogens (tertiary/aromatic N) is 3. The normalized spacial score (nSPS) is 12.0. The summed E-state index contributed by atoms with van der Waals surface area (Å²) in [5.41, 5.74) is 0. The van der Waals surface area contributed by atoms with Crippen LogP contribution in [0.25, 0.3) is 0 Å². The molecule has 0 aliphatic rings. The van der Waals surface area contributed by atoms with Gasteiger partial charge in [-0.15, -0.1) is 0 Å². The topological polar surface area (TPSA) is 42.7 Å². The molecule has 0 unspecified atom stereocenters. The summed E-state index contributed by atoms with van der Waals surface area (Å²) in [5, 5.41) is 6.18. The first-order chi connectivity index (χ1) is 7.03. The Kier molecular flexibility index (Phi) is 4.07. The van der Waals surface area contributed by atoms with Gasteiger partial charge in [0.15, 0.2) is 0 Å². The first-order valence-corrected chi connectivity index (χ1v) is 4.67. The highest BCUT2D eigenvalue weighted by Gasteiger charge is 2.26. The molecule has 7 heteroatoms. The molecule has 1 heterocycles. The average Bonchev–Trinajstić information content (AvgIpc) is 2.51. The Morgan fingerprint density at radius 3 is 2.80 bits per heavy atom. The zero-order valence-electron chi connectivity index (χ0n) is 8.38. The second-order valence-electron chi connectivity index (χ2n) is 3.12. The maximum absolute atomic E-state index is 11.8. The Hall–Kier alpha value is -1.11. The van der Waals surface area contributed by atoms with Gasteiger partial charge in [-0.05, 0) is 6.42 Å². The summed E-state index contributed by atoms with van der Waals surface area (Å²) in [7, 11) is 0. The molecule has 0 aromatic carbocycles. The molecule has 0 bridgehead atoms. The summed E-state index contributed by atoms with van der Waals surface area (Å²) in [6, 6.07) is 0. The Bertz CT molecular complexity index is 294. The second kappa shape index (κ2) is 5.11. The van der Waals surface area contributed by atoms with E-state index >= 15 is 0 Å². The molecule has 0 saturated carbocycles. The van der Waals surface area contributed by atoms with Crippen LogP contribution in [0.5, 0.6) is 0 Å². The van der Waals surface area contributed by atoms with E-state index in [1.54, 1.807) is 4.68 Å². The molecule has 1 aromatic heterocycles. The van der Waals surface area contributed by atoms with E-state index in [9.17, 15) is 13.2 Å². The van der Waals surface area contributed by atoms with Crippen LogP contribution in [-0.2, 0) is 13.1 Å². The van der Waals surface area contributed by atoms with Gasteiger partial charge in [-0.2, -0.15) is 18.3 Å². The molecule has 15 heavy (non-hydrogen) atoms. The Labute approximate surface area is 85.5 Å². The molecule has 1 N–H and O–H groups in total. The standard InChI is InChI=1S/C8H13F3N4/c1-2-3-15-7(13-6-14-15)4-12-5-8(9,10)11/h6,12H,2-5H2,1H3. The third kappa shape index (κ3) is 4.28. The predicted molar refractivity (Wildman–Crippen MR) is 48.1 cm³/mol. The van der Waals surface area contributed by atoms with Crippen molar-refractivity contribution in [1.29, 1.82) is 0 Å². The van der Waals surface area contributed by atoms with Crippen LogP contribution in [0.4, 0.5) is 13.2 Å². The van der Waals surface area contributed by atoms with Crippen molar-refractivity contribution >= 4 is 0 Å². The van der Waals surface area contributed by atoms with Gasteiger partial charge in [0.25, 0.3) is 0 Å². The fraction of sp³-hybridized carbons (Fsp3) is 0.750. The van der Waals surface area contributed by atoms with Crippen molar-refractivity contribution in [3.05, 3.63) is 12.2 Å². The summed E-state index contributed by atoms with van der Waals surface area (Å²) in [6.07, 6.45) is -1.97. The number of nitrogens with one attached hydrogen (secondary N) is 1. The number of aromatic nitrogens is 3. The zero-order valence-corrected chi connectivity index (χ0v) is 8.38. The van der Waals surface area contributed by atoms with Crippen LogP contribution >= 0.6 is 0 Å². The van der Waals surface area contributed by atoms with E-state index in [0.717, 1.165) is 6.42 Å². The molecule has 0 saturated heterocycles. The third-order valence-electron chi connectivity index (χ3n) is 1.74. The molecule has 1 aromatic rings. The van der Waals surface area contributed by atoms with Crippen molar-refractivity contribution in [3.63, 3.8) is 0 Å². The van der Waals surface area contributed by atoms with Crippen molar-refractivity contribution in [3.8, 4) is 0 Å². The maximum atomic E-state index is 11.8. The molecule has 0 spiro atoms. The number of hydrogen-bond acceptors (Lipinski definition) is 3. The Morgan fingerprint density at radius 1 is 1.47 bits per heavy atom. The molecule has 86 valence electrons. The van der Waals surface area contributed by atoms with Gasteiger partial charge in [0.1, 0.15) is 12.2 Å². The summed E-state index contributed by atoms with van der Waals surface area (Å²) >= 11 is 0. The van der Waals surface area contributed by atoms with Crippen LogP contribution in [0.3, 0.4) is 0 Å². The van der Waals surface area contributed by atoms with E-state index in [-0.39, 0.29) is 6.54 Å². The number of rotatable bonds is 5. The van der Waals surface area contributed by atoms with Crippen LogP contribution in [0.15, 0.2) is 6.33 Å². The van der Waals surface area contributed by atoms with Crippen LogP contribution in [0, 0.1) is 0 Å². The molecule has 0 amide bonds. The first-order valence-electron chi connectivity index (χ1n) is 4.67. The highest BCUT2D eigenvalue weighted by Crippen LogP contribution is 2.12. The number of halogens is 3. The monoisotopic (exact) mass is 222 g/mol. The minimum atomic E-state index is -4.18. The molecule has 0 aliphatic carbocycles. The van der Waals surface area contributed by atoms with Crippen LogP contribution in [0.2, 0.25) is 0 Å². The van der Waals surface area contributed by atoms with Crippen molar-refractivity contribution < 1.29 is 13.2 Å². The molecule has 0 aliphatic heterocycles. The van der Waals surface area contributed by atoms with Crippen LogP contribution in [0.1, 0.15) is 19.2 Å². The lowest BCUT2D eigenvalue weighted by Crippen LogP contribution is -2.29. The van der Waals surface area contributed by atoms with Crippen molar-refractivity contribution in [1.82, 2.24) is 20.1 Å². The second-order valence-corrected chi connectivity index (χ2v) is 3.12. The van der Waals surface area contributed by atoms with Gasteiger partial charge in [-0.3, -0.25) is 0 Å². The SMILES string of the molecule is CCCn1ncnc1CNCC(F)(F)F. The lowest BCUT2D eigenvalue weighted by molar-refractivity contribution is -0.125. The zero-order chi connectivity index (χ0) is 11.3. The summed E-state index contributed by atoms with van der Waals surface area (Å²) < 4.78 is 37.1. The smallest absolute Gasteiger partial charge is 0.302 e. The van der Waals surface area contributed by atoms with Crippen LogP contribution in [-0.4, -0.2) is 27.5 Å². The third-order valence-corrected chi connectivity index (χ3v) is 1.74. The highest BCUT2D eigenvalue weighted by molar-refractivity contribution is 4.83. The van der Waals surface area contributed by atoms with Crippen molar-refractivity contribution in [2.75, 3.05) is 6.54 Å². The highest BCUT2D eigenvalue weighted by atomic mass is 19.4. The fourth-order valence-electron chi connectivity index (χ4n) is 1.14. The van der Waals surface area contributed by atoms with E-state index in [1.807, 2.05) is 6.92 Å². The van der Waals surface area contributed by atoms with E-state index in [0.29, 0.717) is 12.4 Å². The van der Waals surface area contributed by atoms with Crippen LogP contribution < -0.4 is 5.32 Å². The van der Waals surface area contributed by atoms with Gasteiger partial charge in [0.05, 0.1) is 13.1 Å². The molecular weight excluding hydrogens is 209 g/mol. The van der Waals surface area contributed by atoms with Gasteiger partial charge in [0.2, 0.25) is 0 Å². The molecule has 0 atom stereocenters. The fourth-order valence-corrected chi connectivity index (χ4v) is 1.14. The maximum Gasteiger partial charge on any atom is 0.401 e. The molecule has 0 radical (unpaired) electrons. The van der Waals surface area contributed by atoms with E-state index in [1.165, 1.54) is 6.33 Å². The van der Waals surface area contributed by atoms with Gasteiger partial charge >= 0.3 is 6.18 Å². The summed E-state index contributed by atoms with van der Waals surface area (Å²) in [4.78, 5) is 3.88. The predicted octanol–water partition coefficient (Wildman–Crippen LogP) is 1.34. The quantitative estimate of drug-likeness (QED) is 0.817. The number of alkyl halides is 3. The largest absolute Gasteiger partial charge is 0.401 e. The van der Waals surface area contributed by atoms with Gasteiger partial charge < -0.3 is 5.32 Å². The van der Waals surface area contributed by atoms with Gasteiger partial charge in [0, 0.05) is 6.54 Å². The molecule has 4 nitrogen and oxygen atoms in total. The van der Waals surface area contributed by atoms with Gasteiger partial charge in [-0.1, -0.05) is 6.92 Å². The minimum Gasteiger partial charge on any atom is -0.302 e. The van der Waals surface area contributed by atoms with Gasteiger partial charge in [-0.25, -0.2) is 9.67 Å². The lowest BCUT2D eigenvalue weighted by atomic mass is 10.4. The molecular formula is C8H13F3N4. The Balaban J connectivity index is 2.40. The van der Waals surface area contributed by atoms with E-state index in [2.05, 4.69) is 15.4 Å². The van der Waals surface area contributed by atoms with Crippen molar-refractivity contribution in [2.45, 2.75) is 32.6 Å². The minimum absolute atomic E-state index is 0.0828. The van der Waals surface area contributed by atoms with E-state index < -0.39 is 12.7 Å². The molecule has 1 rings (SSSR count). The first kappa shape index (κ1) is 12.0. The molecule has 0 fully saturated rings. The van der Waals surface area contributed by atoms with Crippen molar-refractivity contribution in [2.24, 2.45) is 0 Å². The summed E-state index contributed by atoms with van der Waals surface area (Å²) in [5.74, 6) is 0.529. The summed E-state index contributed by atoms with van der Waals surface area (Å²) in [6.45, 7) is 1.71. The lowest BCUT2D eigenvalue weighted by Gasteiger charge is -2.08.